The summed E-state index contributed by atoms with van der Waals surface area (Å²) in [6.07, 6.45) is 11.8. The van der Waals surface area contributed by atoms with Crippen LogP contribution in [0.3, 0.4) is 0 Å². The first-order valence-corrected chi connectivity index (χ1v) is 7.27. The van der Waals surface area contributed by atoms with Gasteiger partial charge in [0.05, 0.1) is 6.54 Å². The van der Waals surface area contributed by atoms with Crippen LogP contribution in [0.25, 0.3) is 0 Å². The maximum absolute atomic E-state index is 12.0. The first kappa shape index (κ1) is 16.4. The number of carboxylic acids is 1. The fourth-order valence-corrected chi connectivity index (χ4v) is 2.74. The van der Waals surface area contributed by atoms with Gasteiger partial charge in [-0.3, -0.25) is 4.79 Å². The van der Waals surface area contributed by atoms with Gasteiger partial charge >= 0.3 is 12.0 Å². The Morgan fingerprint density at radius 2 is 2.00 bits per heavy atom. The quantitative estimate of drug-likeness (QED) is 0.732. The average molecular weight is 280 g/mol. The topological polar surface area (TPSA) is 69.6 Å². The van der Waals surface area contributed by atoms with E-state index in [2.05, 4.69) is 18.2 Å². The number of amides is 2. The van der Waals surface area contributed by atoms with Gasteiger partial charge in [-0.25, -0.2) is 4.79 Å². The molecule has 0 heterocycles. The number of terminal acetylenes is 1. The average Bonchev–Trinajstić information content (AvgIpc) is 2.40. The van der Waals surface area contributed by atoms with E-state index in [-0.39, 0.29) is 25.2 Å². The molecule has 0 aromatic rings. The standard InChI is InChI=1S/C15H24N2O3/c1-3-5-12-6-8-13(9-7-12)16-15(20)17(10-4-2)11-14(18)19/h2,12-13H,3,5-11H2,1H3,(H,16,20)(H,18,19). The molecule has 0 bridgehead atoms. The summed E-state index contributed by atoms with van der Waals surface area (Å²) in [5.74, 6) is 2.04. The monoisotopic (exact) mass is 280 g/mol. The van der Waals surface area contributed by atoms with Crippen LogP contribution < -0.4 is 5.32 Å². The number of aliphatic carboxylic acids is 1. The highest BCUT2D eigenvalue weighted by Crippen LogP contribution is 2.27. The van der Waals surface area contributed by atoms with Crippen molar-refractivity contribution in [3.63, 3.8) is 0 Å². The lowest BCUT2D eigenvalue weighted by Gasteiger charge is -2.30. The molecule has 1 aliphatic carbocycles. The van der Waals surface area contributed by atoms with Gasteiger partial charge in [0.25, 0.3) is 0 Å². The molecule has 112 valence electrons. The van der Waals surface area contributed by atoms with Gasteiger partial charge in [-0.2, -0.15) is 0 Å². The molecule has 5 heteroatoms. The van der Waals surface area contributed by atoms with Crippen LogP contribution in [0, 0.1) is 18.3 Å². The summed E-state index contributed by atoms with van der Waals surface area (Å²) >= 11 is 0. The van der Waals surface area contributed by atoms with E-state index in [0.29, 0.717) is 0 Å². The predicted octanol–water partition coefficient (Wildman–Crippen LogP) is 2.07. The van der Waals surface area contributed by atoms with Gasteiger partial charge in [0.1, 0.15) is 6.54 Å². The zero-order valence-electron chi connectivity index (χ0n) is 12.1. The molecule has 0 spiro atoms. The normalized spacial score (nSPS) is 21.8. The molecule has 1 aliphatic rings. The third-order valence-electron chi connectivity index (χ3n) is 3.77. The van der Waals surface area contributed by atoms with Crippen LogP contribution in [-0.2, 0) is 4.79 Å². The van der Waals surface area contributed by atoms with E-state index in [1.807, 2.05) is 0 Å². The summed E-state index contributed by atoms with van der Waals surface area (Å²) in [4.78, 5) is 23.9. The van der Waals surface area contributed by atoms with E-state index in [1.54, 1.807) is 0 Å². The second kappa shape index (κ2) is 8.47. The third kappa shape index (κ3) is 5.52. The Bertz CT molecular complexity index is 368. The van der Waals surface area contributed by atoms with Gasteiger partial charge < -0.3 is 15.3 Å². The van der Waals surface area contributed by atoms with Gasteiger partial charge in [-0.1, -0.05) is 25.7 Å². The van der Waals surface area contributed by atoms with Gasteiger partial charge in [0.15, 0.2) is 0 Å². The van der Waals surface area contributed by atoms with Crippen molar-refractivity contribution in [3.8, 4) is 12.3 Å². The summed E-state index contributed by atoms with van der Waals surface area (Å²) in [5, 5.41) is 11.7. The van der Waals surface area contributed by atoms with Crippen molar-refractivity contribution >= 4 is 12.0 Å². The van der Waals surface area contributed by atoms with Crippen molar-refractivity contribution in [2.24, 2.45) is 5.92 Å². The Labute approximate surface area is 120 Å². The molecule has 20 heavy (non-hydrogen) atoms. The number of carbonyl (C=O) groups is 2. The first-order chi connectivity index (χ1) is 9.56. The van der Waals surface area contributed by atoms with Crippen LogP contribution in [0.2, 0.25) is 0 Å². The minimum absolute atomic E-state index is 0.0172. The predicted molar refractivity (Wildman–Crippen MR) is 77.2 cm³/mol. The fraction of sp³-hybridized carbons (Fsp3) is 0.733. The lowest BCUT2D eigenvalue weighted by Crippen LogP contribution is -2.47. The third-order valence-corrected chi connectivity index (χ3v) is 3.77. The van der Waals surface area contributed by atoms with E-state index in [1.165, 1.54) is 12.8 Å². The Morgan fingerprint density at radius 3 is 2.50 bits per heavy atom. The zero-order valence-corrected chi connectivity index (χ0v) is 12.1. The molecule has 0 radical (unpaired) electrons. The van der Waals surface area contributed by atoms with E-state index in [0.717, 1.165) is 36.5 Å². The first-order valence-electron chi connectivity index (χ1n) is 7.27. The molecule has 1 saturated carbocycles. The Balaban J connectivity index is 2.41. The maximum Gasteiger partial charge on any atom is 0.323 e. The number of carboxylic acid groups (broad SMARTS) is 1. The molecule has 1 rings (SSSR count). The molecule has 0 aromatic heterocycles. The smallest absolute Gasteiger partial charge is 0.323 e. The molecule has 0 unspecified atom stereocenters. The molecular weight excluding hydrogens is 256 g/mol. The Morgan fingerprint density at radius 1 is 1.35 bits per heavy atom. The summed E-state index contributed by atoms with van der Waals surface area (Å²) in [7, 11) is 0. The number of carbonyl (C=O) groups excluding carboxylic acids is 1. The summed E-state index contributed by atoms with van der Waals surface area (Å²) in [6, 6.07) is -0.228. The molecule has 2 N–H and O–H groups in total. The van der Waals surface area contributed by atoms with Gasteiger partial charge in [-0.15, -0.1) is 6.42 Å². The summed E-state index contributed by atoms with van der Waals surface area (Å²) in [5.41, 5.74) is 0. The van der Waals surface area contributed by atoms with Crippen LogP contribution in [-0.4, -0.2) is 41.1 Å². The Hall–Kier alpha value is -1.70. The lowest BCUT2D eigenvalue weighted by molar-refractivity contribution is -0.137. The van der Waals surface area contributed by atoms with E-state index >= 15 is 0 Å². The highest BCUT2D eigenvalue weighted by Gasteiger charge is 2.24. The SMILES string of the molecule is C#CCN(CC(=O)O)C(=O)NC1CCC(CCC)CC1. The van der Waals surface area contributed by atoms with Crippen molar-refractivity contribution < 1.29 is 14.7 Å². The minimum Gasteiger partial charge on any atom is -0.480 e. The highest BCUT2D eigenvalue weighted by molar-refractivity contribution is 5.80. The van der Waals surface area contributed by atoms with E-state index < -0.39 is 5.97 Å². The molecule has 0 aromatic carbocycles. The number of nitrogens with zero attached hydrogens (tertiary/aromatic N) is 1. The Kier molecular flexibility index (Phi) is 6.92. The molecule has 1 fully saturated rings. The number of hydrogen-bond donors (Lipinski definition) is 2. The summed E-state index contributed by atoms with van der Waals surface area (Å²) in [6.45, 7) is 1.85. The van der Waals surface area contributed by atoms with Crippen LogP contribution >= 0.6 is 0 Å². The van der Waals surface area contributed by atoms with Crippen LogP contribution in [0.1, 0.15) is 45.4 Å². The van der Waals surface area contributed by atoms with Gasteiger partial charge in [0.2, 0.25) is 0 Å². The molecule has 0 atom stereocenters. The minimum atomic E-state index is -1.05. The molecule has 0 aliphatic heterocycles. The van der Waals surface area contributed by atoms with Crippen molar-refractivity contribution in [2.45, 2.75) is 51.5 Å². The van der Waals surface area contributed by atoms with Crippen molar-refractivity contribution in [3.05, 3.63) is 0 Å². The molecule has 2 amide bonds. The van der Waals surface area contributed by atoms with Crippen LogP contribution in [0.5, 0.6) is 0 Å². The zero-order chi connectivity index (χ0) is 15.0. The van der Waals surface area contributed by atoms with Crippen LogP contribution in [0.4, 0.5) is 4.79 Å². The second-order valence-electron chi connectivity index (χ2n) is 5.41. The van der Waals surface area contributed by atoms with Crippen molar-refractivity contribution in [2.75, 3.05) is 13.1 Å². The molecular formula is C15H24N2O3. The van der Waals surface area contributed by atoms with Gasteiger partial charge in [-0.05, 0) is 31.6 Å². The lowest BCUT2D eigenvalue weighted by atomic mass is 9.83. The van der Waals surface area contributed by atoms with Gasteiger partial charge in [0, 0.05) is 6.04 Å². The fourth-order valence-electron chi connectivity index (χ4n) is 2.74. The van der Waals surface area contributed by atoms with Crippen LogP contribution in [0.15, 0.2) is 0 Å². The van der Waals surface area contributed by atoms with E-state index in [4.69, 9.17) is 11.5 Å². The number of nitrogens with one attached hydrogen (secondary N) is 1. The second-order valence-corrected chi connectivity index (χ2v) is 5.41. The van der Waals surface area contributed by atoms with Crippen molar-refractivity contribution in [1.82, 2.24) is 10.2 Å². The largest absolute Gasteiger partial charge is 0.480 e. The number of hydrogen-bond acceptors (Lipinski definition) is 2. The maximum atomic E-state index is 12.0. The molecule has 5 nitrogen and oxygen atoms in total. The molecule has 0 saturated heterocycles. The summed E-state index contributed by atoms with van der Waals surface area (Å²) < 4.78 is 0. The highest BCUT2D eigenvalue weighted by atomic mass is 16.4. The van der Waals surface area contributed by atoms with E-state index in [9.17, 15) is 9.59 Å². The number of rotatable bonds is 6. The number of urea groups is 1. The van der Waals surface area contributed by atoms with Crippen molar-refractivity contribution in [1.29, 1.82) is 0 Å².